The molecule has 0 spiro atoms. The van der Waals surface area contributed by atoms with Crippen molar-refractivity contribution < 1.29 is 23.7 Å². The molecular weight excluding hydrogens is 454 g/mol. The van der Waals surface area contributed by atoms with Crippen LogP contribution in [0.3, 0.4) is 0 Å². The van der Waals surface area contributed by atoms with Crippen molar-refractivity contribution in [3.05, 3.63) is 87.6 Å². The number of ether oxygens (including phenoxy) is 4. The van der Waals surface area contributed by atoms with E-state index in [-0.39, 0.29) is 11.5 Å². The summed E-state index contributed by atoms with van der Waals surface area (Å²) in [5.41, 5.74) is 3.33. The van der Waals surface area contributed by atoms with Gasteiger partial charge in [-0.1, -0.05) is 35.9 Å². The Kier molecular flexibility index (Phi) is 6.18. The molecule has 0 N–H and O–H groups in total. The number of fused-ring (bicyclic) bond motifs is 3. The molecule has 0 amide bonds. The summed E-state index contributed by atoms with van der Waals surface area (Å²) >= 11 is 5.99. The normalized spacial score (nSPS) is 16.0. The maximum absolute atomic E-state index is 13.1. The van der Waals surface area contributed by atoms with Crippen molar-refractivity contribution in [3.63, 3.8) is 0 Å². The van der Waals surface area contributed by atoms with Gasteiger partial charge in [0.15, 0.2) is 17.3 Å². The summed E-state index contributed by atoms with van der Waals surface area (Å²) in [6.07, 6.45) is 2.56. The Hall–Kier alpha value is -3.48. The van der Waals surface area contributed by atoms with Crippen molar-refractivity contribution in [1.29, 1.82) is 0 Å². The largest absolute Gasteiger partial charge is 0.493 e. The number of allylic oxidation sites excluding steroid dienone is 1. The summed E-state index contributed by atoms with van der Waals surface area (Å²) in [5.74, 6) is 2.51. The Morgan fingerprint density at radius 2 is 1.88 bits per heavy atom. The van der Waals surface area contributed by atoms with Gasteiger partial charge in [-0.25, -0.2) is 0 Å². The Labute approximate surface area is 203 Å². The fourth-order valence-electron chi connectivity index (χ4n) is 4.25. The van der Waals surface area contributed by atoms with E-state index in [1.807, 2.05) is 42.5 Å². The number of ketones is 1. The zero-order chi connectivity index (χ0) is 23.7. The molecular formula is C27H24ClNO5. The number of hydrogen-bond donors (Lipinski definition) is 0. The number of para-hydroxylation sites is 1. The minimum atomic E-state index is -0.166. The van der Waals surface area contributed by atoms with Crippen LogP contribution in [0.1, 0.15) is 27.0 Å². The fraction of sp³-hybridized carbons (Fsp3) is 0.222. The lowest BCUT2D eigenvalue weighted by atomic mass is 10.0. The number of methoxy groups -OCH3 is 2. The number of carbonyl (C=O) groups excluding carboxylic acids is 1. The number of rotatable bonds is 6. The second-order valence-corrected chi connectivity index (χ2v) is 8.58. The summed E-state index contributed by atoms with van der Waals surface area (Å²) in [4.78, 5) is 15.3. The fourth-order valence-corrected chi connectivity index (χ4v) is 4.38. The van der Waals surface area contributed by atoms with E-state index < -0.39 is 0 Å². The molecule has 6 nitrogen and oxygen atoms in total. The quantitative estimate of drug-likeness (QED) is 0.445. The molecule has 0 saturated carbocycles. The molecule has 2 heterocycles. The summed E-state index contributed by atoms with van der Waals surface area (Å²) in [6.45, 7) is 1.93. The van der Waals surface area contributed by atoms with Crippen LogP contribution in [0.4, 0.5) is 0 Å². The number of Topliss-reactive ketones (excluding diaryl/α,β-unsaturated/α-hetero) is 1. The van der Waals surface area contributed by atoms with Crippen molar-refractivity contribution in [2.75, 3.05) is 27.5 Å². The zero-order valence-electron chi connectivity index (χ0n) is 19.0. The first-order valence-electron chi connectivity index (χ1n) is 11.0. The van der Waals surface area contributed by atoms with Crippen LogP contribution in [-0.2, 0) is 13.0 Å². The average Bonchev–Trinajstić information content (AvgIpc) is 3.18. The van der Waals surface area contributed by atoms with E-state index in [4.69, 9.17) is 30.5 Å². The predicted molar refractivity (Wildman–Crippen MR) is 130 cm³/mol. The Morgan fingerprint density at radius 1 is 1.06 bits per heavy atom. The van der Waals surface area contributed by atoms with Gasteiger partial charge in [0.2, 0.25) is 5.78 Å². The summed E-state index contributed by atoms with van der Waals surface area (Å²) in [6, 6.07) is 17.0. The van der Waals surface area contributed by atoms with Crippen LogP contribution in [-0.4, -0.2) is 38.2 Å². The lowest BCUT2D eigenvalue weighted by Gasteiger charge is -2.29. The van der Waals surface area contributed by atoms with Crippen molar-refractivity contribution in [2.45, 2.75) is 13.0 Å². The molecule has 5 rings (SSSR count). The molecule has 2 aliphatic rings. The van der Waals surface area contributed by atoms with Crippen molar-refractivity contribution in [1.82, 2.24) is 4.90 Å². The highest BCUT2D eigenvalue weighted by Gasteiger charge is 2.33. The molecule has 0 atom stereocenters. The van der Waals surface area contributed by atoms with Gasteiger partial charge < -0.3 is 18.9 Å². The third kappa shape index (κ3) is 4.22. The van der Waals surface area contributed by atoms with Gasteiger partial charge in [0.1, 0.15) is 18.2 Å². The highest BCUT2D eigenvalue weighted by molar-refractivity contribution is 6.30. The van der Waals surface area contributed by atoms with Gasteiger partial charge in [0, 0.05) is 23.7 Å². The van der Waals surface area contributed by atoms with E-state index in [0.29, 0.717) is 41.7 Å². The predicted octanol–water partition coefficient (Wildman–Crippen LogP) is 5.37. The van der Waals surface area contributed by atoms with Crippen molar-refractivity contribution >= 4 is 23.5 Å². The van der Waals surface area contributed by atoms with Gasteiger partial charge in [-0.3, -0.25) is 9.69 Å². The molecule has 3 aromatic carbocycles. The number of carbonyl (C=O) groups is 1. The van der Waals surface area contributed by atoms with Gasteiger partial charge in [0.25, 0.3) is 0 Å². The van der Waals surface area contributed by atoms with Crippen LogP contribution in [0.2, 0.25) is 5.02 Å². The van der Waals surface area contributed by atoms with Gasteiger partial charge in [-0.2, -0.15) is 0 Å². The first-order chi connectivity index (χ1) is 16.6. The number of hydrogen-bond acceptors (Lipinski definition) is 6. The van der Waals surface area contributed by atoms with Crippen LogP contribution in [0, 0.1) is 0 Å². The first kappa shape index (κ1) is 22.3. The van der Waals surface area contributed by atoms with E-state index in [1.165, 1.54) is 5.56 Å². The van der Waals surface area contributed by atoms with Crippen LogP contribution < -0.4 is 18.9 Å². The Bertz CT molecular complexity index is 1270. The molecule has 174 valence electrons. The molecule has 0 aliphatic carbocycles. The molecule has 0 fully saturated rings. The van der Waals surface area contributed by atoms with E-state index in [0.717, 1.165) is 29.3 Å². The van der Waals surface area contributed by atoms with Crippen LogP contribution in [0.25, 0.3) is 6.08 Å². The lowest BCUT2D eigenvalue weighted by Crippen LogP contribution is -2.33. The minimum absolute atomic E-state index is 0.166. The molecule has 34 heavy (non-hydrogen) atoms. The molecule has 3 aromatic rings. The van der Waals surface area contributed by atoms with Crippen molar-refractivity contribution in [2.24, 2.45) is 0 Å². The summed E-state index contributed by atoms with van der Waals surface area (Å²) < 4.78 is 23.0. The molecule has 0 bridgehead atoms. The third-order valence-corrected chi connectivity index (χ3v) is 6.28. The molecule has 7 heteroatoms. The van der Waals surface area contributed by atoms with Gasteiger partial charge in [0.05, 0.1) is 25.3 Å². The monoisotopic (exact) mass is 477 g/mol. The van der Waals surface area contributed by atoms with E-state index in [1.54, 1.807) is 32.4 Å². The van der Waals surface area contributed by atoms with Crippen LogP contribution in [0.15, 0.2) is 60.4 Å². The van der Waals surface area contributed by atoms with Crippen LogP contribution >= 0.6 is 11.6 Å². The number of nitrogens with zero attached hydrogens (tertiary/aromatic N) is 1. The van der Waals surface area contributed by atoms with Gasteiger partial charge in [-0.15, -0.1) is 0 Å². The van der Waals surface area contributed by atoms with Gasteiger partial charge >= 0.3 is 0 Å². The van der Waals surface area contributed by atoms with E-state index >= 15 is 0 Å². The summed E-state index contributed by atoms with van der Waals surface area (Å²) in [5, 5.41) is 0.729. The smallest absolute Gasteiger partial charge is 0.231 e. The molecule has 0 saturated heterocycles. The lowest BCUT2D eigenvalue weighted by molar-refractivity contribution is 0.0950. The van der Waals surface area contributed by atoms with E-state index in [9.17, 15) is 4.79 Å². The minimum Gasteiger partial charge on any atom is -0.493 e. The average molecular weight is 478 g/mol. The Morgan fingerprint density at radius 3 is 2.65 bits per heavy atom. The highest BCUT2D eigenvalue weighted by Crippen LogP contribution is 2.43. The number of benzene rings is 3. The molecule has 0 aromatic heterocycles. The maximum atomic E-state index is 13.1. The molecule has 0 unspecified atom stereocenters. The van der Waals surface area contributed by atoms with Crippen LogP contribution in [0.5, 0.6) is 23.0 Å². The molecule has 0 radical (unpaired) electrons. The Balaban J connectivity index is 1.38. The second-order valence-electron chi connectivity index (χ2n) is 8.14. The SMILES string of the molecule is COc1cccc(/C=C2\Oc3c(ccc4c3CN(CCc3ccc(Cl)cc3)CO4)C2=O)c1OC. The van der Waals surface area contributed by atoms with Crippen molar-refractivity contribution in [3.8, 4) is 23.0 Å². The number of halogens is 1. The maximum Gasteiger partial charge on any atom is 0.231 e. The summed E-state index contributed by atoms with van der Waals surface area (Å²) in [7, 11) is 3.14. The first-order valence-corrected chi connectivity index (χ1v) is 11.4. The second kappa shape index (κ2) is 9.41. The molecule has 2 aliphatic heterocycles. The van der Waals surface area contributed by atoms with Gasteiger partial charge in [-0.05, 0) is 48.4 Å². The zero-order valence-corrected chi connectivity index (χ0v) is 19.7. The van der Waals surface area contributed by atoms with E-state index in [2.05, 4.69) is 4.90 Å². The topological polar surface area (TPSA) is 57.2 Å². The standard InChI is InChI=1S/C27H24ClNO5/c1-31-23-5-3-4-18(26(23)32-2)14-24-25(30)20-10-11-22-21(27(20)34-24)15-29(16-33-22)13-12-17-6-8-19(28)9-7-17/h3-11,14H,12-13,15-16H2,1-2H3/b24-14-. The highest BCUT2D eigenvalue weighted by atomic mass is 35.5. The third-order valence-electron chi connectivity index (χ3n) is 6.03.